The van der Waals surface area contributed by atoms with Crippen molar-refractivity contribution in [3.05, 3.63) is 95.1 Å². The lowest BCUT2D eigenvalue weighted by Crippen LogP contribution is -2.30. The van der Waals surface area contributed by atoms with Gasteiger partial charge in [-0.05, 0) is 59.8 Å². The molecule has 0 atom stereocenters. The molecule has 2 amide bonds. The van der Waals surface area contributed by atoms with Crippen LogP contribution in [0.15, 0.2) is 84.0 Å². The van der Waals surface area contributed by atoms with E-state index in [9.17, 15) is 19.2 Å². The first-order valence-electron chi connectivity index (χ1n) is 14.1. The smallest absolute Gasteiger partial charge is 0.220 e. The van der Waals surface area contributed by atoms with Gasteiger partial charge >= 0.3 is 0 Å². The number of rotatable bonds is 14. The summed E-state index contributed by atoms with van der Waals surface area (Å²) in [6, 6.07) is 19.5. The van der Waals surface area contributed by atoms with Gasteiger partial charge in [-0.1, -0.05) is 88.4 Å². The Morgan fingerprint density at radius 2 is 0.950 bits per heavy atom. The minimum atomic E-state index is -0.532. The summed E-state index contributed by atoms with van der Waals surface area (Å²) in [6.07, 6.45) is 6.14. The van der Waals surface area contributed by atoms with Crippen LogP contribution in [0.4, 0.5) is 0 Å². The minimum Gasteiger partial charge on any atom is -0.352 e. The number of allylic oxidation sites excluding steroid dienone is 4. The summed E-state index contributed by atoms with van der Waals surface area (Å²) in [5.74, 6) is -0.363. The van der Waals surface area contributed by atoms with Crippen LogP contribution in [0.2, 0.25) is 0 Å². The SMILES string of the molecule is CC(C)(CCCC(=O)NCc1ccccc1)C1=CC(=O)C(C(C)(C)CCCC(=O)NCc2ccccc2)=CC1=O. The first kappa shape index (κ1) is 30.7. The van der Waals surface area contributed by atoms with Crippen molar-refractivity contribution in [3.63, 3.8) is 0 Å². The van der Waals surface area contributed by atoms with Crippen molar-refractivity contribution >= 4 is 23.4 Å². The molecular formula is C34H42N2O4. The molecule has 40 heavy (non-hydrogen) atoms. The monoisotopic (exact) mass is 542 g/mol. The summed E-state index contributed by atoms with van der Waals surface area (Å²) in [7, 11) is 0. The lowest BCUT2D eigenvalue weighted by atomic mass is 9.70. The molecule has 0 unspecified atom stereocenters. The van der Waals surface area contributed by atoms with Gasteiger partial charge in [0.2, 0.25) is 11.8 Å². The number of benzene rings is 2. The maximum atomic E-state index is 13.2. The number of carbonyl (C=O) groups is 4. The van der Waals surface area contributed by atoms with E-state index in [1.165, 1.54) is 12.2 Å². The van der Waals surface area contributed by atoms with E-state index in [0.29, 0.717) is 62.8 Å². The molecule has 0 bridgehead atoms. The van der Waals surface area contributed by atoms with Crippen molar-refractivity contribution in [2.24, 2.45) is 10.8 Å². The first-order chi connectivity index (χ1) is 19.0. The van der Waals surface area contributed by atoms with Gasteiger partial charge in [-0.2, -0.15) is 0 Å². The highest BCUT2D eigenvalue weighted by Crippen LogP contribution is 2.40. The summed E-state index contributed by atoms with van der Waals surface area (Å²) >= 11 is 0. The molecule has 0 spiro atoms. The van der Waals surface area contributed by atoms with Crippen LogP contribution in [0.1, 0.15) is 77.3 Å². The summed E-state index contributed by atoms with van der Waals surface area (Å²) in [5.41, 5.74) is 2.00. The van der Waals surface area contributed by atoms with Crippen molar-refractivity contribution in [1.29, 1.82) is 0 Å². The number of nitrogens with one attached hydrogen (secondary N) is 2. The van der Waals surface area contributed by atoms with E-state index in [1.807, 2.05) is 88.4 Å². The van der Waals surface area contributed by atoms with Gasteiger partial charge in [-0.3, -0.25) is 19.2 Å². The van der Waals surface area contributed by atoms with Crippen LogP contribution >= 0.6 is 0 Å². The Kier molecular flexibility index (Phi) is 10.8. The Bertz CT molecular complexity index is 1160. The Hall–Kier alpha value is -3.80. The Morgan fingerprint density at radius 1 is 0.600 bits per heavy atom. The molecule has 1 aliphatic carbocycles. The zero-order valence-electron chi connectivity index (χ0n) is 24.2. The largest absolute Gasteiger partial charge is 0.352 e. The number of hydrogen-bond acceptors (Lipinski definition) is 4. The standard InChI is InChI=1S/C34H42N2O4/c1-33(2,19-11-17-31(39)35-23-25-13-7-5-8-14-25)27-21-30(38)28(22-29(27)37)34(3,4)20-12-18-32(40)36-24-26-15-9-6-10-16-26/h5-10,13-16,21-22H,11-12,17-20,23-24H2,1-4H3,(H,35,39)(H,36,40). The molecule has 0 heterocycles. The minimum absolute atomic E-state index is 0.0302. The second-order valence-corrected chi connectivity index (χ2v) is 11.8. The van der Waals surface area contributed by atoms with Crippen LogP contribution in [0.3, 0.4) is 0 Å². The number of carbonyl (C=O) groups excluding carboxylic acids is 4. The maximum absolute atomic E-state index is 13.2. The lowest BCUT2D eigenvalue weighted by molar-refractivity contribution is -0.122. The predicted octanol–water partition coefficient (Wildman–Crippen LogP) is 6.02. The van der Waals surface area contributed by atoms with E-state index in [1.54, 1.807) is 0 Å². The van der Waals surface area contributed by atoms with E-state index in [0.717, 1.165) is 11.1 Å². The molecule has 3 rings (SSSR count). The summed E-state index contributed by atoms with van der Waals surface area (Å²) in [4.78, 5) is 50.9. The fourth-order valence-electron chi connectivity index (χ4n) is 5.04. The van der Waals surface area contributed by atoms with Gasteiger partial charge in [0.05, 0.1) is 0 Å². The highest BCUT2D eigenvalue weighted by Gasteiger charge is 2.36. The molecule has 212 valence electrons. The van der Waals surface area contributed by atoms with Gasteiger partial charge in [0.1, 0.15) is 0 Å². The molecule has 0 saturated heterocycles. The first-order valence-corrected chi connectivity index (χ1v) is 14.1. The molecule has 0 aromatic heterocycles. The van der Waals surface area contributed by atoms with Gasteiger partial charge < -0.3 is 10.6 Å². The maximum Gasteiger partial charge on any atom is 0.220 e. The average Bonchev–Trinajstić information content (AvgIpc) is 2.92. The third kappa shape index (κ3) is 9.15. The van der Waals surface area contributed by atoms with E-state index in [2.05, 4.69) is 10.6 Å². The highest BCUT2D eigenvalue weighted by atomic mass is 16.2. The van der Waals surface area contributed by atoms with Crippen LogP contribution in [0.5, 0.6) is 0 Å². The summed E-state index contributed by atoms with van der Waals surface area (Å²) < 4.78 is 0. The van der Waals surface area contributed by atoms with Gasteiger partial charge in [-0.25, -0.2) is 0 Å². The molecular weight excluding hydrogens is 500 g/mol. The van der Waals surface area contributed by atoms with E-state index < -0.39 is 10.8 Å². The second kappa shape index (κ2) is 14.0. The Morgan fingerprint density at radius 3 is 1.30 bits per heavy atom. The Labute approximate surface area is 238 Å². The fourth-order valence-corrected chi connectivity index (χ4v) is 5.04. The van der Waals surface area contributed by atoms with Crippen molar-refractivity contribution in [2.75, 3.05) is 0 Å². The fraction of sp³-hybridized carbons (Fsp3) is 0.412. The Balaban J connectivity index is 1.46. The van der Waals surface area contributed by atoms with Crippen LogP contribution in [-0.4, -0.2) is 23.4 Å². The van der Waals surface area contributed by atoms with Crippen molar-refractivity contribution in [3.8, 4) is 0 Å². The molecule has 0 saturated carbocycles. The predicted molar refractivity (Wildman–Crippen MR) is 158 cm³/mol. The lowest BCUT2D eigenvalue weighted by Gasteiger charge is -2.32. The molecule has 0 fully saturated rings. The zero-order valence-corrected chi connectivity index (χ0v) is 24.2. The van der Waals surface area contributed by atoms with E-state index in [-0.39, 0.29) is 23.4 Å². The second-order valence-electron chi connectivity index (χ2n) is 11.8. The van der Waals surface area contributed by atoms with Crippen LogP contribution in [0.25, 0.3) is 0 Å². The molecule has 2 aromatic carbocycles. The van der Waals surface area contributed by atoms with E-state index >= 15 is 0 Å². The molecule has 2 aromatic rings. The molecule has 2 N–H and O–H groups in total. The normalized spacial score (nSPS) is 13.9. The average molecular weight is 543 g/mol. The molecule has 6 nitrogen and oxygen atoms in total. The summed E-state index contributed by atoms with van der Waals surface area (Å²) in [5, 5.41) is 5.86. The quantitative estimate of drug-likeness (QED) is 0.286. The number of hydrogen-bond donors (Lipinski definition) is 2. The van der Waals surface area contributed by atoms with E-state index in [4.69, 9.17) is 0 Å². The molecule has 0 aliphatic heterocycles. The van der Waals surface area contributed by atoms with Crippen molar-refractivity contribution in [1.82, 2.24) is 10.6 Å². The highest BCUT2D eigenvalue weighted by molar-refractivity contribution is 6.20. The molecule has 1 aliphatic rings. The van der Waals surface area contributed by atoms with Crippen LogP contribution in [-0.2, 0) is 32.3 Å². The topological polar surface area (TPSA) is 92.3 Å². The van der Waals surface area contributed by atoms with Crippen molar-refractivity contribution < 1.29 is 19.2 Å². The van der Waals surface area contributed by atoms with Gasteiger partial charge in [-0.15, -0.1) is 0 Å². The van der Waals surface area contributed by atoms with Gasteiger partial charge in [0, 0.05) is 37.1 Å². The molecule has 6 heteroatoms. The molecule has 0 radical (unpaired) electrons. The number of amides is 2. The van der Waals surface area contributed by atoms with Crippen LogP contribution < -0.4 is 10.6 Å². The van der Waals surface area contributed by atoms with Crippen molar-refractivity contribution in [2.45, 2.75) is 79.3 Å². The number of ketones is 2. The van der Waals surface area contributed by atoms with Crippen LogP contribution in [0, 0.1) is 10.8 Å². The zero-order chi connectivity index (χ0) is 29.2. The van der Waals surface area contributed by atoms with Gasteiger partial charge in [0.25, 0.3) is 0 Å². The third-order valence-corrected chi connectivity index (χ3v) is 7.62. The summed E-state index contributed by atoms with van der Waals surface area (Å²) in [6.45, 7) is 8.77. The third-order valence-electron chi connectivity index (χ3n) is 7.62. The van der Waals surface area contributed by atoms with Gasteiger partial charge in [0.15, 0.2) is 11.6 Å².